The number of anilines is 1. The Balaban J connectivity index is 1.52. The largest absolute Gasteiger partial charge is 0.334 e. The number of allylic oxidation sites excluding steroid dienone is 2. The molecule has 7 heteroatoms. The molecule has 3 aromatic carbocycles. The van der Waals surface area contributed by atoms with E-state index in [-0.39, 0.29) is 23.1 Å². The molecule has 1 saturated carbocycles. The molecule has 6 rings (SSSR count). The highest BCUT2D eigenvalue weighted by molar-refractivity contribution is 7.13. The lowest BCUT2D eigenvalue weighted by atomic mass is 9.61. The summed E-state index contributed by atoms with van der Waals surface area (Å²) in [6, 6.07) is 23.7. The predicted molar refractivity (Wildman–Crippen MR) is 161 cm³/mol. The van der Waals surface area contributed by atoms with Crippen molar-refractivity contribution in [3.8, 4) is 5.69 Å². The molecule has 202 valence electrons. The quantitative estimate of drug-likeness (QED) is 0.178. The minimum Gasteiger partial charge on any atom is -0.334 e. The van der Waals surface area contributed by atoms with Crippen molar-refractivity contribution in [2.75, 3.05) is 5.32 Å². The molecule has 40 heavy (non-hydrogen) atoms. The molecule has 0 bridgehead atoms. The maximum atomic E-state index is 13.6. The fourth-order valence-corrected chi connectivity index (χ4v) is 7.14. The van der Waals surface area contributed by atoms with Crippen molar-refractivity contribution in [2.24, 2.45) is 17.3 Å². The van der Waals surface area contributed by atoms with Crippen molar-refractivity contribution < 1.29 is 4.39 Å². The fraction of sp³-hybridized carbons (Fsp3) is 0.242. The number of halogens is 1. The van der Waals surface area contributed by atoms with Gasteiger partial charge in [0.05, 0.1) is 17.4 Å². The molecular formula is C33H32FN5S. The Morgan fingerprint density at radius 2 is 1.85 bits per heavy atom. The number of fused-ring (bicyclic) bond motifs is 1. The normalized spacial score (nSPS) is 18.8. The average molecular weight is 550 g/mol. The maximum absolute atomic E-state index is 13.6. The van der Waals surface area contributed by atoms with E-state index in [1.807, 2.05) is 10.9 Å². The number of hydrogen-bond acceptors (Lipinski definition) is 5. The van der Waals surface area contributed by atoms with Crippen LogP contribution in [0.1, 0.15) is 43.7 Å². The number of rotatable bonds is 10. The molecule has 0 spiro atoms. The Morgan fingerprint density at radius 1 is 1.07 bits per heavy atom. The van der Waals surface area contributed by atoms with Crippen LogP contribution in [0, 0.1) is 23.1 Å². The third-order valence-electron chi connectivity index (χ3n) is 8.57. The first-order valence-electron chi connectivity index (χ1n) is 13.7. The van der Waals surface area contributed by atoms with Gasteiger partial charge in [-0.3, -0.25) is 0 Å². The summed E-state index contributed by atoms with van der Waals surface area (Å²) in [5.41, 5.74) is 7.80. The Labute approximate surface area is 238 Å². The van der Waals surface area contributed by atoms with Crippen molar-refractivity contribution in [2.45, 2.75) is 32.6 Å². The lowest BCUT2D eigenvalue weighted by Gasteiger charge is -2.43. The smallest absolute Gasteiger partial charge is 0.209 e. The molecule has 0 radical (unpaired) electrons. The van der Waals surface area contributed by atoms with Crippen LogP contribution in [0.25, 0.3) is 16.6 Å². The van der Waals surface area contributed by atoms with Crippen molar-refractivity contribution in [1.29, 1.82) is 0 Å². The molecular weight excluding hydrogens is 517 g/mol. The molecule has 0 aliphatic heterocycles. The summed E-state index contributed by atoms with van der Waals surface area (Å²) >= 11 is 1.47. The topological polar surface area (TPSA) is 55.6 Å². The van der Waals surface area contributed by atoms with Crippen molar-refractivity contribution >= 4 is 27.4 Å². The predicted octanol–water partition coefficient (Wildman–Crippen LogP) is 8.38. The van der Waals surface area contributed by atoms with E-state index >= 15 is 0 Å². The van der Waals surface area contributed by atoms with Crippen LogP contribution < -0.4 is 5.32 Å². The van der Waals surface area contributed by atoms with Gasteiger partial charge in [-0.05, 0) is 72.2 Å². The first kappa shape index (κ1) is 26.1. The molecule has 4 unspecified atom stereocenters. The number of benzene rings is 3. The second-order valence-electron chi connectivity index (χ2n) is 10.5. The van der Waals surface area contributed by atoms with Gasteiger partial charge in [-0.25, -0.2) is 9.07 Å². The SMILES string of the molecule is C=C1C(CC)C1C(CC)(C(=C)Nc1nncs1)C(c1ccccc1)c1ccc2c(cnn2-c2ccc(F)cc2)c1. The van der Waals surface area contributed by atoms with Gasteiger partial charge < -0.3 is 5.32 Å². The van der Waals surface area contributed by atoms with Crippen molar-refractivity contribution in [1.82, 2.24) is 20.0 Å². The van der Waals surface area contributed by atoms with Gasteiger partial charge in [0.25, 0.3) is 0 Å². The third-order valence-corrected chi connectivity index (χ3v) is 9.18. The van der Waals surface area contributed by atoms with E-state index < -0.39 is 0 Å². The highest BCUT2D eigenvalue weighted by Crippen LogP contribution is 2.66. The highest BCUT2D eigenvalue weighted by atomic mass is 32.1. The van der Waals surface area contributed by atoms with E-state index in [1.54, 1.807) is 17.6 Å². The molecule has 0 amide bonds. The van der Waals surface area contributed by atoms with Gasteiger partial charge in [0.1, 0.15) is 11.3 Å². The van der Waals surface area contributed by atoms with Crippen molar-refractivity contribution in [3.63, 3.8) is 0 Å². The number of aromatic nitrogens is 4. The van der Waals surface area contributed by atoms with Crippen LogP contribution >= 0.6 is 11.3 Å². The summed E-state index contributed by atoms with van der Waals surface area (Å²) in [5.74, 6) is 0.448. The highest BCUT2D eigenvalue weighted by Gasteiger charge is 2.59. The standard InChI is InChI=1S/C33H32FN5S/c1-5-28-21(3)30(28)33(6-2,22(4)37-32-38-35-20-40-32)31(23-10-8-7-9-11-23)24-12-17-29-25(18-24)19-36-39(29)27-15-13-26(34)14-16-27/h7-20,28,30-31H,3-6H2,1-2H3,(H,37,38). The summed E-state index contributed by atoms with van der Waals surface area (Å²) in [4.78, 5) is 0. The van der Waals surface area contributed by atoms with E-state index in [9.17, 15) is 4.39 Å². The van der Waals surface area contributed by atoms with E-state index in [2.05, 4.69) is 96.1 Å². The molecule has 5 aromatic rings. The van der Waals surface area contributed by atoms with Gasteiger partial charge in [0, 0.05) is 22.4 Å². The molecule has 0 saturated heterocycles. The summed E-state index contributed by atoms with van der Waals surface area (Å²) in [5, 5.41) is 18.3. The maximum Gasteiger partial charge on any atom is 0.209 e. The van der Waals surface area contributed by atoms with E-state index in [0.717, 1.165) is 40.3 Å². The van der Waals surface area contributed by atoms with Crippen LogP contribution in [-0.4, -0.2) is 20.0 Å². The minimum atomic E-state index is -0.356. The first-order valence-corrected chi connectivity index (χ1v) is 14.6. The third kappa shape index (κ3) is 4.34. The Morgan fingerprint density at radius 3 is 2.50 bits per heavy atom. The van der Waals surface area contributed by atoms with Crippen LogP contribution in [0.4, 0.5) is 9.52 Å². The van der Waals surface area contributed by atoms with E-state index in [0.29, 0.717) is 5.92 Å². The molecule has 2 aromatic heterocycles. The summed E-state index contributed by atoms with van der Waals surface area (Å²) in [6.45, 7) is 13.7. The van der Waals surface area contributed by atoms with Gasteiger partial charge in [0.15, 0.2) is 0 Å². The Kier molecular flexibility index (Phi) is 6.84. The zero-order valence-electron chi connectivity index (χ0n) is 22.7. The zero-order valence-corrected chi connectivity index (χ0v) is 23.5. The summed E-state index contributed by atoms with van der Waals surface area (Å²) in [7, 11) is 0. The van der Waals surface area contributed by atoms with Gasteiger partial charge >= 0.3 is 0 Å². The molecule has 1 aliphatic carbocycles. The van der Waals surface area contributed by atoms with Crippen LogP contribution in [0.5, 0.6) is 0 Å². The lowest BCUT2D eigenvalue weighted by Crippen LogP contribution is -2.37. The van der Waals surface area contributed by atoms with Crippen LogP contribution in [0.3, 0.4) is 0 Å². The van der Waals surface area contributed by atoms with Gasteiger partial charge in [-0.2, -0.15) is 5.10 Å². The second-order valence-corrected chi connectivity index (χ2v) is 11.3. The molecule has 2 heterocycles. The van der Waals surface area contributed by atoms with Crippen molar-refractivity contribution in [3.05, 3.63) is 126 Å². The first-order chi connectivity index (χ1) is 19.5. The molecule has 1 fully saturated rings. The summed E-state index contributed by atoms with van der Waals surface area (Å²) in [6.07, 6.45) is 3.80. The second kappa shape index (κ2) is 10.5. The number of nitrogens with one attached hydrogen (secondary N) is 1. The minimum absolute atomic E-state index is 0.00323. The van der Waals surface area contributed by atoms with Crippen LogP contribution in [0.15, 0.2) is 109 Å². The van der Waals surface area contributed by atoms with Crippen LogP contribution in [0.2, 0.25) is 0 Å². The number of nitrogens with zero attached hydrogens (tertiary/aromatic N) is 4. The van der Waals surface area contributed by atoms with Crippen LogP contribution in [-0.2, 0) is 0 Å². The summed E-state index contributed by atoms with van der Waals surface area (Å²) < 4.78 is 15.4. The lowest BCUT2D eigenvalue weighted by molar-refractivity contribution is 0.243. The molecule has 4 atom stereocenters. The number of hydrogen-bond donors (Lipinski definition) is 1. The van der Waals surface area contributed by atoms with E-state index in [4.69, 9.17) is 0 Å². The average Bonchev–Trinajstić information content (AvgIpc) is 3.30. The van der Waals surface area contributed by atoms with Gasteiger partial charge in [-0.1, -0.05) is 80.3 Å². The zero-order chi connectivity index (χ0) is 27.9. The van der Waals surface area contributed by atoms with Gasteiger partial charge in [0.2, 0.25) is 5.13 Å². The molecule has 5 nitrogen and oxygen atoms in total. The Bertz CT molecular complexity index is 1660. The Hall–Kier alpha value is -4.10. The van der Waals surface area contributed by atoms with E-state index in [1.165, 1.54) is 40.2 Å². The van der Waals surface area contributed by atoms with Gasteiger partial charge in [-0.15, -0.1) is 10.2 Å². The molecule has 1 aliphatic rings. The monoisotopic (exact) mass is 549 g/mol. The molecule has 1 N–H and O–H groups in total. The fourth-order valence-electron chi connectivity index (χ4n) is 6.67.